The molecule has 1 N–H and O–H groups in total. The van der Waals surface area contributed by atoms with E-state index < -0.39 is 0 Å². The summed E-state index contributed by atoms with van der Waals surface area (Å²) in [5, 5.41) is 3.48. The summed E-state index contributed by atoms with van der Waals surface area (Å²) >= 11 is 0. The maximum absolute atomic E-state index is 12.9. The van der Waals surface area contributed by atoms with Gasteiger partial charge in [0.25, 0.3) is 0 Å². The molecule has 0 radical (unpaired) electrons. The number of rotatable bonds is 4. The number of ether oxygens (including phenoxy) is 1. The normalized spacial score (nSPS) is 35.6. The van der Waals surface area contributed by atoms with Crippen LogP contribution >= 0.6 is 0 Å². The minimum absolute atomic E-state index is 0.167. The van der Waals surface area contributed by atoms with E-state index in [2.05, 4.69) is 19.2 Å². The average molecular weight is 268 g/mol. The lowest BCUT2D eigenvalue weighted by Crippen LogP contribution is -2.59. The summed E-state index contributed by atoms with van der Waals surface area (Å²) < 4.78 is 5.60. The number of methoxy groups -OCH3 is 1. The van der Waals surface area contributed by atoms with Crippen LogP contribution in [-0.2, 0) is 9.53 Å². The minimum Gasteiger partial charge on any atom is -0.377 e. The van der Waals surface area contributed by atoms with Crippen molar-refractivity contribution in [3.8, 4) is 0 Å². The zero-order valence-corrected chi connectivity index (χ0v) is 12.6. The molecule has 2 atom stereocenters. The number of carbonyl (C=O) groups excluding carboxylic acids is 1. The summed E-state index contributed by atoms with van der Waals surface area (Å²) in [6.45, 7) is 6.85. The maximum atomic E-state index is 12.9. The molecule has 2 heterocycles. The topological polar surface area (TPSA) is 41.6 Å². The molecule has 0 aliphatic carbocycles. The Balaban J connectivity index is 2.09. The van der Waals surface area contributed by atoms with Crippen molar-refractivity contribution in [2.24, 2.45) is 0 Å². The van der Waals surface area contributed by atoms with Crippen LogP contribution in [0.1, 0.15) is 52.4 Å². The van der Waals surface area contributed by atoms with Crippen molar-refractivity contribution in [1.29, 1.82) is 0 Å². The van der Waals surface area contributed by atoms with E-state index in [1.54, 1.807) is 7.11 Å². The first-order valence-electron chi connectivity index (χ1n) is 7.65. The number of amides is 1. The molecule has 2 aliphatic heterocycles. The number of hydrogen-bond acceptors (Lipinski definition) is 3. The third-order valence-electron chi connectivity index (χ3n) is 4.77. The van der Waals surface area contributed by atoms with E-state index in [0.717, 1.165) is 58.2 Å². The molecule has 2 fully saturated rings. The van der Waals surface area contributed by atoms with Crippen molar-refractivity contribution >= 4 is 5.91 Å². The molecule has 0 aromatic rings. The highest BCUT2D eigenvalue weighted by molar-refractivity contribution is 5.87. The first kappa shape index (κ1) is 14.8. The maximum Gasteiger partial charge on any atom is 0.242 e. The van der Waals surface area contributed by atoms with Gasteiger partial charge in [0, 0.05) is 20.2 Å². The van der Waals surface area contributed by atoms with Gasteiger partial charge in [0.15, 0.2) is 0 Å². The molecule has 2 saturated heterocycles. The van der Waals surface area contributed by atoms with Crippen LogP contribution < -0.4 is 5.32 Å². The zero-order valence-electron chi connectivity index (χ0n) is 12.6. The van der Waals surface area contributed by atoms with Gasteiger partial charge in [0.05, 0.1) is 11.1 Å². The van der Waals surface area contributed by atoms with E-state index in [4.69, 9.17) is 4.74 Å². The fraction of sp³-hybridized carbons (Fsp3) is 0.933. The van der Waals surface area contributed by atoms with Gasteiger partial charge < -0.3 is 15.0 Å². The first-order valence-corrected chi connectivity index (χ1v) is 7.65. The fourth-order valence-electron chi connectivity index (χ4n) is 3.58. The van der Waals surface area contributed by atoms with Crippen molar-refractivity contribution in [3.05, 3.63) is 0 Å². The molecule has 2 unspecified atom stereocenters. The second-order valence-corrected chi connectivity index (χ2v) is 6.35. The van der Waals surface area contributed by atoms with Crippen molar-refractivity contribution in [2.75, 3.05) is 26.7 Å². The lowest BCUT2D eigenvalue weighted by molar-refractivity contribution is -0.146. The Bertz CT molecular complexity index is 326. The van der Waals surface area contributed by atoms with Gasteiger partial charge in [-0.25, -0.2) is 0 Å². The highest BCUT2D eigenvalue weighted by Gasteiger charge is 2.44. The minimum atomic E-state index is -0.291. The van der Waals surface area contributed by atoms with E-state index in [0.29, 0.717) is 5.91 Å². The van der Waals surface area contributed by atoms with Crippen LogP contribution in [0.2, 0.25) is 0 Å². The zero-order chi connectivity index (χ0) is 13.9. The first-order chi connectivity index (χ1) is 9.05. The molecule has 19 heavy (non-hydrogen) atoms. The average Bonchev–Trinajstić information content (AvgIpc) is 2.88. The Hall–Kier alpha value is -0.610. The predicted octanol–water partition coefficient (Wildman–Crippen LogP) is 1.94. The monoisotopic (exact) mass is 268 g/mol. The molecule has 0 aromatic carbocycles. The molecule has 4 heteroatoms. The Labute approximate surface area is 116 Å². The van der Waals surface area contributed by atoms with E-state index in [9.17, 15) is 4.79 Å². The summed E-state index contributed by atoms with van der Waals surface area (Å²) in [6.07, 6.45) is 6.18. The number of nitrogens with one attached hydrogen (secondary N) is 1. The van der Waals surface area contributed by atoms with Gasteiger partial charge in [-0.05, 0) is 45.6 Å². The van der Waals surface area contributed by atoms with E-state index in [1.807, 2.05) is 4.90 Å². The number of nitrogens with zero attached hydrogens (tertiary/aromatic N) is 1. The SMILES string of the molecule is CCCC1(C(=O)N2CCCC(C)(OC)C2)CCCN1. The highest BCUT2D eigenvalue weighted by Crippen LogP contribution is 2.31. The predicted molar refractivity (Wildman–Crippen MR) is 76.1 cm³/mol. The van der Waals surface area contributed by atoms with Gasteiger partial charge in [0.2, 0.25) is 5.91 Å². The lowest BCUT2D eigenvalue weighted by Gasteiger charge is -2.43. The van der Waals surface area contributed by atoms with E-state index in [1.165, 1.54) is 0 Å². The fourth-order valence-corrected chi connectivity index (χ4v) is 3.58. The standard InChI is InChI=1S/C15H28N2O2/c1-4-7-15(9-5-10-16-15)13(18)17-11-6-8-14(2,12-17)19-3/h16H,4-12H2,1-3H3. The number of piperidine rings is 1. The molecule has 0 bridgehead atoms. The van der Waals surface area contributed by atoms with Gasteiger partial charge in [-0.3, -0.25) is 4.79 Å². The lowest BCUT2D eigenvalue weighted by atomic mass is 9.87. The molecule has 2 rings (SSSR count). The number of likely N-dealkylation sites (tertiary alicyclic amines) is 1. The third kappa shape index (κ3) is 2.95. The molecule has 0 aromatic heterocycles. The Kier molecular flexibility index (Phi) is 4.51. The molecule has 0 spiro atoms. The molecule has 0 saturated carbocycles. The van der Waals surface area contributed by atoms with Crippen LogP contribution in [0.3, 0.4) is 0 Å². The van der Waals surface area contributed by atoms with Crippen LogP contribution in [0.5, 0.6) is 0 Å². The van der Waals surface area contributed by atoms with Crippen molar-refractivity contribution in [3.63, 3.8) is 0 Å². The largest absolute Gasteiger partial charge is 0.377 e. The van der Waals surface area contributed by atoms with E-state index in [-0.39, 0.29) is 11.1 Å². The molecule has 2 aliphatic rings. The van der Waals surface area contributed by atoms with Crippen LogP contribution in [0.25, 0.3) is 0 Å². The van der Waals surface area contributed by atoms with Crippen LogP contribution in [0, 0.1) is 0 Å². The Morgan fingerprint density at radius 3 is 2.74 bits per heavy atom. The van der Waals surface area contributed by atoms with E-state index >= 15 is 0 Å². The second kappa shape index (κ2) is 5.80. The second-order valence-electron chi connectivity index (χ2n) is 6.35. The third-order valence-corrected chi connectivity index (χ3v) is 4.77. The molecular formula is C15H28N2O2. The summed E-state index contributed by atoms with van der Waals surface area (Å²) in [5.74, 6) is 0.301. The van der Waals surface area contributed by atoms with Crippen LogP contribution in [0.15, 0.2) is 0 Å². The van der Waals surface area contributed by atoms with Crippen molar-refractivity contribution in [1.82, 2.24) is 10.2 Å². The Morgan fingerprint density at radius 1 is 1.37 bits per heavy atom. The molecule has 110 valence electrons. The summed E-state index contributed by atoms with van der Waals surface area (Å²) in [6, 6.07) is 0. The molecule has 1 amide bonds. The van der Waals surface area contributed by atoms with Gasteiger partial charge in [-0.2, -0.15) is 0 Å². The van der Waals surface area contributed by atoms with Gasteiger partial charge in [-0.15, -0.1) is 0 Å². The van der Waals surface area contributed by atoms with Crippen LogP contribution in [-0.4, -0.2) is 48.7 Å². The molecular weight excluding hydrogens is 240 g/mol. The van der Waals surface area contributed by atoms with Gasteiger partial charge in [0.1, 0.15) is 0 Å². The van der Waals surface area contributed by atoms with Gasteiger partial charge in [-0.1, -0.05) is 13.3 Å². The summed E-state index contributed by atoms with van der Waals surface area (Å²) in [7, 11) is 1.75. The quantitative estimate of drug-likeness (QED) is 0.847. The summed E-state index contributed by atoms with van der Waals surface area (Å²) in [5.41, 5.74) is -0.458. The highest BCUT2D eigenvalue weighted by atomic mass is 16.5. The number of carbonyl (C=O) groups is 1. The summed E-state index contributed by atoms with van der Waals surface area (Å²) in [4.78, 5) is 15.0. The van der Waals surface area contributed by atoms with Crippen LogP contribution in [0.4, 0.5) is 0 Å². The van der Waals surface area contributed by atoms with Crippen molar-refractivity contribution < 1.29 is 9.53 Å². The Morgan fingerprint density at radius 2 is 2.16 bits per heavy atom. The van der Waals surface area contributed by atoms with Gasteiger partial charge >= 0.3 is 0 Å². The van der Waals surface area contributed by atoms with Crippen molar-refractivity contribution in [2.45, 2.75) is 63.5 Å². The number of hydrogen-bond donors (Lipinski definition) is 1. The smallest absolute Gasteiger partial charge is 0.242 e. The molecule has 4 nitrogen and oxygen atoms in total.